The van der Waals surface area contributed by atoms with Crippen molar-refractivity contribution in [1.82, 2.24) is 23.7 Å². The van der Waals surface area contributed by atoms with Crippen LogP contribution in [-0.2, 0) is 30.2 Å². The molecule has 0 saturated heterocycles. The van der Waals surface area contributed by atoms with Crippen LogP contribution in [0.25, 0.3) is 27.0 Å². The van der Waals surface area contributed by atoms with Crippen molar-refractivity contribution in [1.29, 1.82) is 5.26 Å². The predicted octanol–water partition coefficient (Wildman–Crippen LogP) is 1.08. The van der Waals surface area contributed by atoms with Crippen molar-refractivity contribution < 1.29 is 14.6 Å². The molecule has 3 aromatic heterocycles. The van der Waals surface area contributed by atoms with Crippen LogP contribution in [0.2, 0.25) is 0 Å². The van der Waals surface area contributed by atoms with E-state index in [2.05, 4.69) is 9.97 Å². The number of nitrogens with zero attached hydrogens (tertiary/aromatic N) is 6. The van der Waals surface area contributed by atoms with Crippen LogP contribution in [0.3, 0.4) is 0 Å². The highest BCUT2D eigenvalue weighted by molar-refractivity contribution is 7.19. The molecule has 4 aromatic rings. The minimum atomic E-state index is -0.770. The van der Waals surface area contributed by atoms with Crippen molar-refractivity contribution in [2.75, 3.05) is 6.61 Å². The second-order valence-corrected chi connectivity index (χ2v) is 7.86. The van der Waals surface area contributed by atoms with Gasteiger partial charge >= 0.3 is 11.7 Å². The molecule has 0 atom stereocenters. The van der Waals surface area contributed by atoms with E-state index in [0.717, 1.165) is 9.27 Å². The number of allylic oxidation sites excluding steroid dienone is 1. The highest BCUT2D eigenvalue weighted by Gasteiger charge is 2.18. The van der Waals surface area contributed by atoms with Gasteiger partial charge in [-0.1, -0.05) is 12.1 Å². The molecule has 11 nitrogen and oxygen atoms in total. The summed E-state index contributed by atoms with van der Waals surface area (Å²) in [7, 11) is 2.79. The number of esters is 1. The molecule has 0 spiro atoms. The van der Waals surface area contributed by atoms with Gasteiger partial charge in [-0.25, -0.2) is 14.8 Å². The number of aromatic nitrogens is 5. The van der Waals surface area contributed by atoms with Crippen molar-refractivity contribution in [3.05, 3.63) is 62.2 Å². The Bertz CT molecular complexity index is 1530. The third-order valence-corrected chi connectivity index (χ3v) is 5.85. The molecule has 0 saturated carbocycles. The number of benzene rings is 1. The summed E-state index contributed by atoms with van der Waals surface area (Å²) in [5, 5.41) is 20.1. The normalized spacial score (nSPS) is 12.0. The number of thiazole rings is 1. The molecule has 0 bridgehead atoms. The van der Waals surface area contributed by atoms with Gasteiger partial charge in [-0.3, -0.25) is 18.7 Å². The zero-order valence-electron chi connectivity index (χ0n) is 17.0. The topological polar surface area (TPSA) is 145 Å². The molecular formula is C20H16N6O5S. The first kappa shape index (κ1) is 21.0. The van der Waals surface area contributed by atoms with Crippen molar-refractivity contribution in [3.8, 4) is 6.07 Å². The molecule has 0 unspecified atom stereocenters. The molecule has 3 heterocycles. The number of ether oxygens (including phenoxy) is 1. The zero-order valence-corrected chi connectivity index (χ0v) is 17.8. The predicted molar refractivity (Wildman–Crippen MR) is 116 cm³/mol. The average molecular weight is 452 g/mol. The van der Waals surface area contributed by atoms with Crippen LogP contribution in [0.4, 0.5) is 0 Å². The van der Waals surface area contributed by atoms with E-state index in [0.29, 0.717) is 10.5 Å². The molecule has 0 aliphatic rings. The Morgan fingerprint density at radius 1 is 1.25 bits per heavy atom. The summed E-state index contributed by atoms with van der Waals surface area (Å²) >= 11 is 1.23. The van der Waals surface area contributed by atoms with E-state index in [1.54, 1.807) is 6.07 Å². The van der Waals surface area contributed by atoms with Crippen LogP contribution < -0.4 is 11.2 Å². The Morgan fingerprint density at radius 2 is 2.00 bits per heavy atom. The molecule has 0 aliphatic heterocycles. The first-order valence-corrected chi connectivity index (χ1v) is 10.1. The number of aliphatic hydroxyl groups excluding tert-OH is 1. The molecule has 1 aromatic carbocycles. The standard InChI is InChI=1S/C20H16N6O5S/c1-24-17-16(19(29)25(2)20(24)30)26(10-22-17)8-15(28)31-9-13(27)11(7-21)18-23-12-5-3-4-6-14(12)32-18/h3-6,10,27H,8-9H2,1-2H3/b13-11-. The highest BCUT2D eigenvalue weighted by atomic mass is 32.1. The maximum absolute atomic E-state index is 12.4. The van der Waals surface area contributed by atoms with E-state index in [4.69, 9.17) is 4.74 Å². The van der Waals surface area contributed by atoms with Crippen molar-refractivity contribution >= 4 is 44.3 Å². The lowest BCUT2D eigenvalue weighted by Crippen LogP contribution is -2.37. The lowest BCUT2D eigenvalue weighted by molar-refractivity contribution is -0.144. The molecule has 32 heavy (non-hydrogen) atoms. The summed E-state index contributed by atoms with van der Waals surface area (Å²) < 4.78 is 9.31. The molecule has 0 fully saturated rings. The van der Waals surface area contributed by atoms with Crippen molar-refractivity contribution in [2.24, 2.45) is 14.1 Å². The number of imidazole rings is 1. The fourth-order valence-corrected chi connectivity index (χ4v) is 4.12. The fraction of sp³-hybridized carbons (Fsp3) is 0.200. The summed E-state index contributed by atoms with van der Waals surface area (Å²) in [6.45, 7) is -0.916. The second-order valence-electron chi connectivity index (χ2n) is 6.83. The number of rotatable bonds is 5. The highest BCUT2D eigenvalue weighted by Crippen LogP contribution is 2.28. The zero-order chi connectivity index (χ0) is 23.0. The van der Waals surface area contributed by atoms with E-state index in [-0.39, 0.29) is 23.3 Å². The van der Waals surface area contributed by atoms with Gasteiger partial charge in [0.15, 0.2) is 16.9 Å². The van der Waals surface area contributed by atoms with Gasteiger partial charge in [0.1, 0.15) is 29.8 Å². The number of carbonyl (C=O) groups excluding carboxylic acids is 1. The molecule has 0 amide bonds. The summed E-state index contributed by atoms with van der Waals surface area (Å²) in [5.41, 5.74) is -0.332. The van der Waals surface area contributed by atoms with E-state index >= 15 is 0 Å². The number of aliphatic hydroxyl groups is 1. The van der Waals surface area contributed by atoms with E-state index in [9.17, 15) is 24.8 Å². The number of fused-ring (bicyclic) bond motifs is 2. The van der Waals surface area contributed by atoms with E-state index in [1.165, 1.54) is 40.9 Å². The Hall–Kier alpha value is -4.24. The lowest BCUT2D eigenvalue weighted by atomic mass is 10.2. The molecule has 0 radical (unpaired) electrons. The van der Waals surface area contributed by atoms with Crippen LogP contribution in [0.15, 0.2) is 45.9 Å². The van der Waals surface area contributed by atoms with Crippen LogP contribution >= 0.6 is 11.3 Å². The van der Waals surface area contributed by atoms with Gasteiger partial charge in [-0.05, 0) is 12.1 Å². The summed E-state index contributed by atoms with van der Waals surface area (Å²) in [5.74, 6) is -1.21. The van der Waals surface area contributed by atoms with Gasteiger partial charge in [-0.2, -0.15) is 5.26 Å². The van der Waals surface area contributed by atoms with Gasteiger partial charge in [0.2, 0.25) is 0 Å². The minimum Gasteiger partial charge on any atom is -0.507 e. The first-order valence-electron chi connectivity index (χ1n) is 9.26. The van der Waals surface area contributed by atoms with Gasteiger partial charge in [0, 0.05) is 14.1 Å². The van der Waals surface area contributed by atoms with Gasteiger partial charge in [0.25, 0.3) is 5.56 Å². The van der Waals surface area contributed by atoms with Gasteiger partial charge in [0.05, 0.1) is 16.5 Å². The Balaban J connectivity index is 1.54. The molecule has 12 heteroatoms. The van der Waals surface area contributed by atoms with Crippen molar-refractivity contribution in [2.45, 2.75) is 6.54 Å². The summed E-state index contributed by atoms with van der Waals surface area (Å²) in [6.07, 6.45) is 1.25. The maximum atomic E-state index is 12.4. The van der Waals surface area contributed by atoms with Crippen LogP contribution in [-0.4, -0.2) is 41.4 Å². The molecule has 4 rings (SSSR count). The van der Waals surface area contributed by atoms with Gasteiger partial charge in [-0.15, -0.1) is 11.3 Å². The number of carbonyl (C=O) groups is 1. The third-order valence-electron chi connectivity index (χ3n) is 4.79. The fourth-order valence-electron chi connectivity index (χ4n) is 3.14. The Kier molecular flexibility index (Phi) is 5.33. The Labute approximate surface area is 183 Å². The number of hydrogen-bond acceptors (Lipinski definition) is 9. The second kappa shape index (κ2) is 8.12. The van der Waals surface area contributed by atoms with E-state index < -0.39 is 29.6 Å². The SMILES string of the molecule is Cn1c(=O)c2c(ncn2CC(=O)OC/C(O)=C(\C#N)c2nc3ccccc3s2)n(C)c1=O. The maximum Gasteiger partial charge on any atom is 0.332 e. The van der Waals surface area contributed by atoms with Crippen LogP contribution in [0.1, 0.15) is 5.01 Å². The number of hydrogen-bond donors (Lipinski definition) is 1. The average Bonchev–Trinajstić information content (AvgIpc) is 3.39. The summed E-state index contributed by atoms with van der Waals surface area (Å²) in [4.78, 5) is 45.1. The van der Waals surface area contributed by atoms with Crippen LogP contribution in [0, 0.1) is 11.3 Å². The molecule has 0 aliphatic carbocycles. The number of para-hydroxylation sites is 1. The minimum absolute atomic E-state index is 0.0681. The van der Waals surface area contributed by atoms with Crippen LogP contribution in [0.5, 0.6) is 0 Å². The monoisotopic (exact) mass is 452 g/mol. The molecule has 162 valence electrons. The third kappa shape index (κ3) is 3.54. The lowest BCUT2D eigenvalue weighted by Gasteiger charge is -2.08. The van der Waals surface area contributed by atoms with E-state index in [1.807, 2.05) is 24.3 Å². The van der Waals surface area contributed by atoms with Gasteiger partial charge < -0.3 is 14.4 Å². The quantitative estimate of drug-likeness (QED) is 0.269. The number of aryl methyl sites for hydroxylation is 1. The molecule has 1 N–H and O–H groups in total. The largest absolute Gasteiger partial charge is 0.507 e. The first-order chi connectivity index (χ1) is 15.3. The smallest absolute Gasteiger partial charge is 0.332 e. The van der Waals surface area contributed by atoms with Crippen molar-refractivity contribution in [3.63, 3.8) is 0 Å². The summed E-state index contributed by atoms with van der Waals surface area (Å²) in [6, 6.07) is 9.18. The Morgan fingerprint density at radius 3 is 2.72 bits per heavy atom. The number of nitriles is 1. The molecular weight excluding hydrogens is 436 g/mol.